The second-order valence-corrected chi connectivity index (χ2v) is 5.40. The molecule has 20 heavy (non-hydrogen) atoms. The SMILES string of the molecule is Cc1nc(C2COc3ccccc3O2)ncc1C(C)Cl. The lowest BCUT2D eigenvalue weighted by atomic mass is 10.2. The maximum atomic E-state index is 6.08. The molecule has 3 rings (SSSR count). The number of para-hydroxylation sites is 2. The molecule has 2 unspecified atom stereocenters. The van der Waals surface area contributed by atoms with Crippen LogP contribution in [0.4, 0.5) is 0 Å². The number of hydrogen-bond acceptors (Lipinski definition) is 4. The Labute approximate surface area is 122 Å². The molecule has 1 aromatic heterocycles. The fourth-order valence-corrected chi connectivity index (χ4v) is 2.40. The average molecular weight is 291 g/mol. The molecule has 0 radical (unpaired) electrons. The molecule has 0 N–H and O–H groups in total. The van der Waals surface area contributed by atoms with Crippen LogP contribution in [0, 0.1) is 6.92 Å². The molecule has 0 bridgehead atoms. The summed E-state index contributed by atoms with van der Waals surface area (Å²) in [4.78, 5) is 8.85. The molecule has 0 amide bonds. The third-order valence-electron chi connectivity index (χ3n) is 3.26. The molecular weight excluding hydrogens is 276 g/mol. The molecule has 0 saturated heterocycles. The van der Waals surface area contributed by atoms with E-state index in [1.165, 1.54) is 0 Å². The van der Waals surface area contributed by atoms with Crippen molar-refractivity contribution < 1.29 is 9.47 Å². The molecule has 104 valence electrons. The van der Waals surface area contributed by atoms with Gasteiger partial charge in [0.15, 0.2) is 23.4 Å². The van der Waals surface area contributed by atoms with Gasteiger partial charge in [-0.25, -0.2) is 9.97 Å². The van der Waals surface area contributed by atoms with Crippen molar-refractivity contribution in [1.29, 1.82) is 0 Å². The van der Waals surface area contributed by atoms with Crippen molar-refractivity contribution in [2.45, 2.75) is 25.3 Å². The minimum atomic E-state index is -0.289. The molecule has 1 aliphatic rings. The van der Waals surface area contributed by atoms with Crippen LogP contribution in [0.3, 0.4) is 0 Å². The van der Waals surface area contributed by atoms with Crippen LogP contribution in [0.1, 0.15) is 35.5 Å². The van der Waals surface area contributed by atoms with Crippen LogP contribution in [-0.4, -0.2) is 16.6 Å². The summed E-state index contributed by atoms with van der Waals surface area (Å²) in [6.07, 6.45) is 1.47. The molecule has 0 aliphatic carbocycles. The Morgan fingerprint density at radius 2 is 2.05 bits per heavy atom. The predicted octanol–water partition coefficient (Wildman–Crippen LogP) is 3.60. The van der Waals surface area contributed by atoms with E-state index >= 15 is 0 Å². The second-order valence-electron chi connectivity index (χ2n) is 4.75. The third-order valence-corrected chi connectivity index (χ3v) is 3.50. The minimum Gasteiger partial charge on any atom is -0.485 e. The Kier molecular flexibility index (Phi) is 3.49. The Bertz CT molecular complexity index is 631. The van der Waals surface area contributed by atoms with E-state index in [-0.39, 0.29) is 11.5 Å². The molecule has 0 saturated carbocycles. The zero-order valence-electron chi connectivity index (χ0n) is 11.3. The Hall–Kier alpha value is -1.81. The van der Waals surface area contributed by atoms with Gasteiger partial charge in [-0.15, -0.1) is 11.6 Å². The van der Waals surface area contributed by atoms with Crippen LogP contribution >= 0.6 is 11.6 Å². The largest absolute Gasteiger partial charge is 0.485 e. The van der Waals surface area contributed by atoms with Crippen LogP contribution < -0.4 is 9.47 Å². The number of alkyl halides is 1. The summed E-state index contributed by atoms with van der Waals surface area (Å²) in [5.74, 6) is 2.10. The average Bonchev–Trinajstić information content (AvgIpc) is 2.46. The first-order chi connectivity index (χ1) is 9.65. The van der Waals surface area contributed by atoms with E-state index in [4.69, 9.17) is 21.1 Å². The lowest BCUT2D eigenvalue weighted by Gasteiger charge is -2.25. The molecular formula is C15H15ClN2O2. The van der Waals surface area contributed by atoms with Gasteiger partial charge in [-0.2, -0.15) is 0 Å². The van der Waals surface area contributed by atoms with Crippen molar-refractivity contribution in [3.8, 4) is 11.5 Å². The zero-order chi connectivity index (χ0) is 14.1. The minimum absolute atomic E-state index is 0.103. The third kappa shape index (κ3) is 2.43. The van der Waals surface area contributed by atoms with E-state index in [0.717, 1.165) is 22.8 Å². The number of aromatic nitrogens is 2. The highest BCUT2D eigenvalue weighted by Crippen LogP contribution is 2.35. The second kappa shape index (κ2) is 5.29. The number of aryl methyl sites for hydroxylation is 1. The van der Waals surface area contributed by atoms with Crippen LogP contribution in [0.15, 0.2) is 30.5 Å². The molecule has 0 spiro atoms. The van der Waals surface area contributed by atoms with Crippen molar-refractivity contribution in [3.05, 3.63) is 47.5 Å². The van der Waals surface area contributed by atoms with Crippen molar-refractivity contribution >= 4 is 11.6 Å². The van der Waals surface area contributed by atoms with E-state index in [1.807, 2.05) is 38.1 Å². The van der Waals surface area contributed by atoms with Gasteiger partial charge in [-0.3, -0.25) is 0 Å². The van der Waals surface area contributed by atoms with Crippen molar-refractivity contribution in [2.24, 2.45) is 0 Å². The van der Waals surface area contributed by atoms with Crippen LogP contribution in [-0.2, 0) is 0 Å². The van der Waals surface area contributed by atoms with Crippen molar-refractivity contribution in [1.82, 2.24) is 9.97 Å². The zero-order valence-corrected chi connectivity index (χ0v) is 12.1. The number of rotatable bonds is 2. The molecule has 5 heteroatoms. The summed E-state index contributed by atoms with van der Waals surface area (Å²) in [6.45, 7) is 4.24. The fourth-order valence-electron chi connectivity index (χ4n) is 2.19. The first kappa shape index (κ1) is 13.2. The van der Waals surface area contributed by atoms with Gasteiger partial charge in [0.05, 0.1) is 5.38 Å². The Balaban J connectivity index is 1.86. The first-order valence-electron chi connectivity index (χ1n) is 6.51. The fraction of sp³-hybridized carbons (Fsp3) is 0.333. The van der Waals surface area contributed by atoms with Crippen molar-refractivity contribution in [2.75, 3.05) is 6.61 Å². The van der Waals surface area contributed by atoms with Gasteiger partial charge in [0.1, 0.15) is 6.61 Å². The Morgan fingerprint density at radius 3 is 2.75 bits per heavy atom. The molecule has 1 aromatic carbocycles. The maximum absolute atomic E-state index is 6.08. The highest BCUT2D eigenvalue weighted by molar-refractivity contribution is 6.20. The van der Waals surface area contributed by atoms with E-state index in [1.54, 1.807) is 6.20 Å². The standard InChI is InChI=1S/C15H15ClN2O2/c1-9(16)11-7-17-15(18-10(11)2)14-8-19-12-5-3-4-6-13(12)20-14/h3-7,9,14H,8H2,1-2H3. The normalized spacial score (nSPS) is 18.6. The topological polar surface area (TPSA) is 44.2 Å². The number of benzene rings is 1. The van der Waals surface area contributed by atoms with Gasteiger partial charge in [-0.1, -0.05) is 12.1 Å². The Morgan fingerprint density at radius 1 is 1.30 bits per heavy atom. The van der Waals surface area contributed by atoms with Gasteiger partial charge >= 0.3 is 0 Å². The van der Waals surface area contributed by atoms with Gasteiger partial charge < -0.3 is 9.47 Å². The highest BCUT2D eigenvalue weighted by Gasteiger charge is 2.25. The number of nitrogens with zero attached hydrogens (tertiary/aromatic N) is 2. The van der Waals surface area contributed by atoms with E-state index in [2.05, 4.69) is 9.97 Å². The summed E-state index contributed by atoms with van der Waals surface area (Å²) in [5, 5.41) is -0.103. The molecule has 1 aliphatic heterocycles. The van der Waals surface area contributed by atoms with E-state index in [0.29, 0.717) is 12.4 Å². The molecule has 2 atom stereocenters. The van der Waals surface area contributed by atoms with Gasteiger partial charge in [0.2, 0.25) is 0 Å². The summed E-state index contributed by atoms with van der Waals surface area (Å²) in [7, 11) is 0. The maximum Gasteiger partial charge on any atom is 0.192 e. The van der Waals surface area contributed by atoms with Crippen molar-refractivity contribution in [3.63, 3.8) is 0 Å². The molecule has 0 fully saturated rings. The summed E-state index contributed by atoms with van der Waals surface area (Å²) >= 11 is 6.08. The summed E-state index contributed by atoms with van der Waals surface area (Å²) in [5.41, 5.74) is 1.81. The van der Waals surface area contributed by atoms with Crippen LogP contribution in [0.25, 0.3) is 0 Å². The van der Waals surface area contributed by atoms with Crippen LogP contribution in [0.2, 0.25) is 0 Å². The molecule has 2 aromatic rings. The number of hydrogen-bond donors (Lipinski definition) is 0. The predicted molar refractivity (Wildman–Crippen MR) is 76.3 cm³/mol. The summed E-state index contributed by atoms with van der Waals surface area (Å²) in [6, 6.07) is 7.59. The van der Waals surface area contributed by atoms with Gasteiger partial charge in [0, 0.05) is 17.5 Å². The van der Waals surface area contributed by atoms with E-state index in [9.17, 15) is 0 Å². The van der Waals surface area contributed by atoms with Crippen LogP contribution in [0.5, 0.6) is 11.5 Å². The summed E-state index contributed by atoms with van der Waals surface area (Å²) < 4.78 is 11.6. The first-order valence-corrected chi connectivity index (χ1v) is 6.95. The monoisotopic (exact) mass is 290 g/mol. The number of fused-ring (bicyclic) bond motifs is 1. The lowest BCUT2D eigenvalue weighted by Crippen LogP contribution is -2.24. The van der Waals surface area contributed by atoms with Gasteiger partial charge in [-0.05, 0) is 26.0 Å². The molecule has 2 heterocycles. The highest BCUT2D eigenvalue weighted by atomic mass is 35.5. The number of halogens is 1. The van der Waals surface area contributed by atoms with E-state index < -0.39 is 0 Å². The quantitative estimate of drug-likeness (QED) is 0.793. The lowest BCUT2D eigenvalue weighted by molar-refractivity contribution is 0.0849. The van der Waals surface area contributed by atoms with Gasteiger partial charge in [0.25, 0.3) is 0 Å². The smallest absolute Gasteiger partial charge is 0.192 e. The molecule has 4 nitrogen and oxygen atoms in total. The number of ether oxygens (including phenoxy) is 2.